The normalized spacial score (nSPS) is 18.8. The SMILES string of the molecule is CC1C=C(c2nnn(C)n2)CN(C)C1.O=C(O)C(=O)O. The van der Waals surface area contributed by atoms with Gasteiger partial charge in [0, 0.05) is 18.7 Å². The number of nitrogens with zero attached hydrogens (tertiary/aromatic N) is 5. The number of likely N-dealkylation sites (N-methyl/N-ethyl adjacent to an activating group) is 1. The third kappa shape index (κ3) is 4.76. The van der Waals surface area contributed by atoms with Gasteiger partial charge in [0.1, 0.15) is 0 Å². The monoisotopic (exact) mass is 283 g/mol. The number of carbonyl (C=O) groups is 2. The molecule has 2 rings (SSSR count). The molecule has 0 fully saturated rings. The van der Waals surface area contributed by atoms with Crippen LogP contribution in [0.5, 0.6) is 0 Å². The molecule has 1 unspecified atom stereocenters. The molecular formula is C11H17N5O4. The minimum atomic E-state index is -1.82. The summed E-state index contributed by atoms with van der Waals surface area (Å²) >= 11 is 0. The zero-order chi connectivity index (χ0) is 15.3. The van der Waals surface area contributed by atoms with Gasteiger partial charge in [0.05, 0.1) is 7.05 Å². The van der Waals surface area contributed by atoms with E-state index >= 15 is 0 Å². The van der Waals surface area contributed by atoms with E-state index in [0.717, 1.165) is 18.9 Å². The van der Waals surface area contributed by atoms with Crippen LogP contribution in [0.15, 0.2) is 6.08 Å². The summed E-state index contributed by atoms with van der Waals surface area (Å²) in [5.74, 6) is -2.33. The maximum atomic E-state index is 9.10. The Balaban J connectivity index is 0.000000286. The van der Waals surface area contributed by atoms with Crippen LogP contribution in [0.4, 0.5) is 0 Å². The van der Waals surface area contributed by atoms with Crippen molar-refractivity contribution in [3.63, 3.8) is 0 Å². The van der Waals surface area contributed by atoms with Gasteiger partial charge in [-0.1, -0.05) is 13.0 Å². The van der Waals surface area contributed by atoms with Crippen LogP contribution in [-0.4, -0.2) is 67.4 Å². The van der Waals surface area contributed by atoms with Crippen molar-refractivity contribution in [2.75, 3.05) is 20.1 Å². The van der Waals surface area contributed by atoms with Crippen LogP contribution >= 0.6 is 0 Å². The lowest BCUT2D eigenvalue weighted by molar-refractivity contribution is -0.159. The highest BCUT2D eigenvalue weighted by Crippen LogP contribution is 2.19. The lowest BCUT2D eigenvalue weighted by Crippen LogP contribution is -2.30. The second kappa shape index (κ2) is 6.75. The molecule has 1 aliphatic heterocycles. The Kier molecular flexibility index (Phi) is 5.32. The number of rotatable bonds is 1. The third-order valence-electron chi connectivity index (χ3n) is 2.50. The second-order valence-electron chi connectivity index (χ2n) is 4.58. The van der Waals surface area contributed by atoms with Crippen molar-refractivity contribution < 1.29 is 19.8 Å². The minimum absolute atomic E-state index is 0.563. The topological polar surface area (TPSA) is 121 Å². The Hall–Kier alpha value is -2.29. The third-order valence-corrected chi connectivity index (χ3v) is 2.50. The van der Waals surface area contributed by atoms with E-state index < -0.39 is 11.9 Å². The number of hydrogen-bond donors (Lipinski definition) is 2. The predicted octanol–water partition coefficient (Wildman–Crippen LogP) is -0.669. The first-order valence-corrected chi connectivity index (χ1v) is 5.89. The number of tetrazole rings is 1. The molecule has 1 aromatic heterocycles. The summed E-state index contributed by atoms with van der Waals surface area (Å²) in [6.07, 6.45) is 2.23. The zero-order valence-electron chi connectivity index (χ0n) is 11.5. The van der Waals surface area contributed by atoms with E-state index in [1.54, 1.807) is 7.05 Å². The fraction of sp³-hybridized carbons (Fsp3) is 0.545. The maximum Gasteiger partial charge on any atom is 0.414 e. The minimum Gasteiger partial charge on any atom is -0.473 e. The summed E-state index contributed by atoms with van der Waals surface area (Å²) in [6.45, 7) is 4.21. The molecule has 2 N–H and O–H groups in total. The van der Waals surface area contributed by atoms with Gasteiger partial charge in [0.15, 0.2) is 0 Å². The molecule has 9 nitrogen and oxygen atoms in total. The van der Waals surface area contributed by atoms with Gasteiger partial charge < -0.3 is 15.1 Å². The quantitative estimate of drug-likeness (QED) is 0.651. The van der Waals surface area contributed by atoms with Gasteiger partial charge in [-0.05, 0) is 18.2 Å². The molecule has 1 aromatic rings. The molecule has 0 bridgehead atoms. The van der Waals surface area contributed by atoms with E-state index in [-0.39, 0.29) is 0 Å². The molecule has 0 spiro atoms. The van der Waals surface area contributed by atoms with Crippen molar-refractivity contribution >= 4 is 17.5 Å². The summed E-state index contributed by atoms with van der Waals surface area (Å²) in [6, 6.07) is 0. The molecule has 1 atom stereocenters. The van der Waals surface area contributed by atoms with Crippen LogP contribution in [0.25, 0.3) is 5.57 Å². The van der Waals surface area contributed by atoms with Crippen molar-refractivity contribution in [1.82, 2.24) is 25.1 Å². The molecule has 9 heteroatoms. The maximum absolute atomic E-state index is 9.10. The summed E-state index contributed by atoms with van der Waals surface area (Å²) in [7, 11) is 3.90. The number of aromatic nitrogens is 4. The standard InChI is InChI=1S/C9H15N5.C2H2O4/c1-7-4-8(6-13(2)5-7)9-10-12-14(3)11-9;3-1(4)2(5)6/h4,7H,5-6H2,1-3H3;(H,3,4)(H,5,6). The van der Waals surface area contributed by atoms with Crippen LogP contribution in [0.2, 0.25) is 0 Å². The van der Waals surface area contributed by atoms with Crippen LogP contribution in [0.3, 0.4) is 0 Å². The Morgan fingerprint density at radius 2 is 1.90 bits per heavy atom. The van der Waals surface area contributed by atoms with E-state index in [1.165, 1.54) is 10.4 Å². The van der Waals surface area contributed by atoms with Crippen LogP contribution < -0.4 is 0 Å². The summed E-state index contributed by atoms with van der Waals surface area (Å²) in [4.78, 5) is 22.0. The van der Waals surface area contributed by atoms with Gasteiger partial charge in [-0.15, -0.1) is 10.2 Å². The first-order valence-electron chi connectivity index (χ1n) is 5.89. The predicted molar refractivity (Wildman–Crippen MR) is 68.7 cm³/mol. The average molecular weight is 283 g/mol. The van der Waals surface area contributed by atoms with E-state index in [2.05, 4.69) is 40.4 Å². The largest absolute Gasteiger partial charge is 0.473 e. The van der Waals surface area contributed by atoms with Gasteiger partial charge in [0.25, 0.3) is 0 Å². The van der Waals surface area contributed by atoms with Crippen LogP contribution in [-0.2, 0) is 16.6 Å². The van der Waals surface area contributed by atoms with E-state index in [9.17, 15) is 0 Å². The fourth-order valence-electron chi connectivity index (χ4n) is 1.85. The number of hydrogen-bond acceptors (Lipinski definition) is 6. The average Bonchev–Trinajstić information content (AvgIpc) is 2.75. The number of carboxylic acids is 2. The molecule has 2 heterocycles. The zero-order valence-corrected chi connectivity index (χ0v) is 11.5. The lowest BCUT2D eigenvalue weighted by Gasteiger charge is -2.25. The van der Waals surface area contributed by atoms with Gasteiger partial charge in [-0.2, -0.15) is 4.80 Å². The summed E-state index contributed by atoms with van der Waals surface area (Å²) in [5, 5.41) is 26.8. The van der Waals surface area contributed by atoms with Crippen molar-refractivity contribution in [3.8, 4) is 0 Å². The van der Waals surface area contributed by atoms with E-state index in [1.807, 2.05) is 0 Å². The van der Waals surface area contributed by atoms with Gasteiger partial charge >= 0.3 is 11.9 Å². The smallest absolute Gasteiger partial charge is 0.414 e. The molecule has 20 heavy (non-hydrogen) atoms. The lowest BCUT2D eigenvalue weighted by atomic mass is 10.0. The molecule has 0 radical (unpaired) electrons. The highest BCUT2D eigenvalue weighted by molar-refractivity contribution is 6.27. The molecule has 1 aliphatic rings. The highest BCUT2D eigenvalue weighted by Gasteiger charge is 2.18. The molecular weight excluding hydrogens is 266 g/mol. The number of aliphatic carboxylic acids is 2. The molecule has 110 valence electrons. The Morgan fingerprint density at radius 1 is 1.30 bits per heavy atom. The molecule has 0 amide bonds. The number of carboxylic acid groups (broad SMARTS) is 2. The second-order valence-corrected chi connectivity index (χ2v) is 4.58. The molecule has 0 saturated heterocycles. The molecule has 0 aromatic carbocycles. The Bertz CT molecular complexity index is 513. The van der Waals surface area contributed by atoms with Crippen LogP contribution in [0, 0.1) is 5.92 Å². The number of aryl methyl sites for hydroxylation is 1. The van der Waals surface area contributed by atoms with E-state index in [0.29, 0.717) is 5.92 Å². The van der Waals surface area contributed by atoms with Crippen molar-refractivity contribution in [2.45, 2.75) is 6.92 Å². The van der Waals surface area contributed by atoms with Crippen molar-refractivity contribution in [3.05, 3.63) is 11.9 Å². The first-order chi connectivity index (χ1) is 9.29. The summed E-state index contributed by atoms with van der Waals surface area (Å²) in [5.41, 5.74) is 1.18. The fourth-order valence-corrected chi connectivity index (χ4v) is 1.85. The highest BCUT2D eigenvalue weighted by atomic mass is 16.4. The van der Waals surface area contributed by atoms with Gasteiger partial charge in [0.2, 0.25) is 5.82 Å². The first kappa shape index (κ1) is 15.8. The summed E-state index contributed by atoms with van der Waals surface area (Å²) < 4.78 is 0. The molecule has 0 aliphatic carbocycles. The van der Waals surface area contributed by atoms with Gasteiger partial charge in [-0.3, -0.25) is 0 Å². The Labute approximate surface area is 115 Å². The molecule has 0 saturated carbocycles. The van der Waals surface area contributed by atoms with Crippen LogP contribution in [0.1, 0.15) is 12.7 Å². The van der Waals surface area contributed by atoms with Crippen molar-refractivity contribution in [2.24, 2.45) is 13.0 Å². The van der Waals surface area contributed by atoms with E-state index in [4.69, 9.17) is 19.8 Å². The van der Waals surface area contributed by atoms with Crippen molar-refractivity contribution in [1.29, 1.82) is 0 Å². The van der Waals surface area contributed by atoms with Gasteiger partial charge in [-0.25, -0.2) is 9.59 Å². The Morgan fingerprint density at radius 3 is 2.30 bits per heavy atom.